The number of nitrogens with one attached hydrogen (secondary N) is 1. The largest absolute Gasteiger partial charge is 0.508 e. The maximum Gasteiger partial charge on any atom is 0.416 e. The second-order valence-electron chi connectivity index (χ2n) is 7.02. The number of phenolic OH excluding ortho intramolecular Hbond substituents is 1. The number of phenols is 1. The van der Waals surface area contributed by atoms with Crippen molar-refractivity contribution in [2.24, 2.45) is 0 Å². The van der Waals surface area contributed by atoms with Gasteiger partial charge in [-0.3, -0.25) is 14.9 Å². The summed E-state index contributed by atoms with van der Waals surface area (Å²) in [4.78, 5) is 22.9. The molecule has 0 saturated heterocycles. The number of aromatic hydroxyl groups is 1. The second kappa shape index (κ2) is 10.6. The Morgan fingerprint density at radius 3 is 2.39 bits per heavy atom. The summed E-state index contributed by atoms with van der Waals surface area (Å²) in [5.41, 5.74) is -2.50. The van der Waals surface area contributed by atoms with Gasteiger partial charge < -0.3 is 15.2 Å². The number of ether oxygens (including phenoxy) is 1. The number of rotatable bonds is 6. The van der Waals surface area contributed by atoms with Crippen molar-refractivity contribution < 1.29 is 32.7 Å². The highest BCUT2D eigenvalue weighted by Gasteiger charge is 2.33. The molecule has 0 aromatic heterocycles. The Kier molecular flexibility index (Phi) is 7.72. The van der Waals surface area contributed by atoms with E-state index in [0.717, 1.165) is 12.1 Å². The van der Waals surface area contributed by atoms with Crippen molar-refractivity contribution in [2.45, 2.75) is 6.18 Å². The minimum Gasteiger partial charge on any atom is -0.508 e. The number of hydrogen-bond donors (Lipinski definition) is 2. The van der Waals surface area contributed by atoms with Crippen LogP contribution in [0.5, 0.6) is 17.2 Å². The van der Waals surface area contributed by atoms with E-state index in [1.165, 1.54) is 36.4 Å². The molecule has 13 heteroatoms. The number of amides is 1. The number of carbonyl (C=O) groups excluding carboxylic acids is 1. The molecule has 0 saturated carbocycles. The molecule has 0 atom stereocenters. The van der Waals surface area contributed by atoms with Crippen molar-refractivity contribution in [3.8, 4) is 23.3 Å². The highest BCUT2D eigenvalue weighted by atomic mass is 35.5. The highest BCUT2D eigenvalue weighted by Crippen LogP contribution is 2.42. The Balaban J connectivity index is 2.04. The summed E-state index contributed by atoms with van der Waals surface area (Å²) in [6.07, 6.45) is -3.79. The van der Waals surface area contributed by atoms with Crippen LogP contribution in [0.4, 0.5) is 24.5 Å². The monoisotopic (exact) mass is 537 g/mol. The zero-order valence-electron chi connectivity index (χ0n) is 17.6. The quantitative estimate of drug-likeness (QED) is 0.115. The number of alkyl halides is 3. The first-order chi connectivity index (χ1) is 16.9. The summed E-state index contributed by atoms with van der Waals surface area (Å²) in [5, 5.41) is 32.5. The van der Waals surface area contributed by atoms with E-state index in [2.05, 4.69) is 5.32 Å². The van der Waals surface area contributed by atoms with Gasteiger partial charge in [-0.2, -0.15) is 18.4 Å². The molecule has 0 spiro atoms. The molecule has 3 aromatic rings. The molecule has 0 aliphatic carbocycles. The predicted octanol–water partition coefficient (Wildman–Crippen LogP) is 6.96. The zero-order chi connectivity index (χ0) is 26.6. The molecule has 36 heavy (non-hydrogen) atoms. The SMILES string of the molecule is N#C/C(=C\c1cc(Cl)cc(Cl)c1Oc1ccc(C(F)(F)F)cc1[N+](=O)[O-])C(=O)Nc1ccc(O)cc1. The summed E-state index contributed by atoms with van der Waals surface area (Å²) in [7, 11) is 0. The molecule has 0 heterocycles. The van der Waals surface area contributed by atoms with Gasteiger partial charge >= 0.3 is 11.9 Å². The number of anilines is 1. The Bertz CT molecular complexity index is 1420. The second-order valence-corrected chi connectivity index (χ2v) is 7.86. The smallest absolute Gasteiger partial charge is 0.416 e. The molecule has 3 aromatic carbocycles. The lowest BCUT2D eigenvalue weighted by molar-refractivity contribution is -0.385. The van der Waals surface area contributed by atoms with Gasteiger partial charge in [-0.1, -0.05) is 23.2 Å². The normalized spacial score (nSPS) is 11.5. The number of nitriles is 1. The van der Waals surface area contributed by atoms with Crippen LogP contribution in [0.15, 0.2) is 60.2 Å². The molecule has 0 radical (unpaired) electrons. The van der Waals surface area contributed by atoms with Gasteiger partial charge in [-0.25, -0.2) is 0 Å². The predicted molar refractivity (Wildman–Crippen MR) is 125 cm³/mol. The lowest BCUT2D eigenvalue weighted by atomic mass is 10.1. The Morgan fingerprint density at radius 1 is 1.14 bits per heavy atom. The first kappa shape index (κ1) is 26.3. The molecule has 8 nitrogen and oxygen atoms in total. The number of carbonyl (C=O) groups is 1. The van der Waals surface area contributed by atoms with E-state index in [4.69, 9.17) is 27.9 Å². The average Bonchev–Trinajstić information content (AvgIpc) is 2.80. The van der Waals surface area contributed by atoms with Crippen molar-refractivity contribution in [1.29, 1.82) is 5.26 Å². The fraction of sp³-hybridized carbons (Fsp3) is 0.0435. The maximum absolute atomic E-state index is 13.0. The van der Waals surface area contributed by atoms with E-state index in [1.54, 1.807) is 6.07 Å². The van der Waals surface area contributed by atoms with Gasteiger partial charge in [0.15, 0.2) is 5.75 Å². The topological polar surface area (TPSA) is 125 Å². The van der Waals surface area contributed by atoms with Crippen molar-refractivity contribution >= 4 is 46.6 Å². The zero-order valence-corrected chi connectivity index (χ0v) is 19.1. The van der Waals surface area contributed by atoms with E-state index in [0.29, 0.717) is 12.1 Å². The number of benzene rings is 3. The molecule has 0 aliphatic rings. The minimum absolute atomic E-state index is 0.0447. The van der Waals surface area contributed by atoms with E-state index in [9.17, 15) is 38.4 Å². The molecule has 0 unspecified atom stereocenters. The Hall–Kier alpha value is -4.27. The van der Waals surface area contributed by atoms with Crippen LogP contribution < -0.4 is 10.1 Å². The van der Waals surface area contributed by atoms with Crippen LogP contribution in [0, 0.1) is 21.4 Å². The Labute approximate surface area is 210 Å². The minimum atomic E-state index is -4.83. The molecular weight excluding hydrogens is 526 g/mol. The van der Waals surface area contributed by atoms with Crippen molar-refractivity contribution in [1.82, 2.24) is 0 Å². The van der Waals surface area contributed by atoms with Crippen LogP contribution in [0.25, 0.3) is 6.08 Å². The van der Waals surface area contributed by atoms with Gasteiger partial charge in [0.25, 0.3) is 5.91 Å². The van der Waals surface area contributed by atoms with Gasteiger partial charge in [0, 0.05) is 22.3 Å². The summed E-state index contributed by atoms with van der Waals surface area (Å²) >= 11 is 12.2. The third-order valence-electron chi connectivity index (χ3n) is 4.52. The number of nitro groups is 1. The van der Waals surface area contributed by atoms with Gasteiger partial charge in [-0.15, -0.1) is 0 Å². The van der Waals surface area contributed by atoms with Crippen molar-refractivity contribution in [3.05, 3.63) is 91.5 Å². The van der Waals surface area contributed by atoms with Gasteiger partial charge in [0.05, 0.1) is 15.5 Å². The lowest BCUT2D eigenvalue weighted by Gasteiger charge is -2.13. The standard InChI is InChI=1S/C23H12Cl2F3N3O5/c24-15-8-12(7-13(11-29)22(33)30-16-2-4-17(32)5-3-16)21(18(25)10-15)36-20-6-1-14(23(26,27)28)9-19(20)31(34)35/h1-10,32H,(H,30,33)/b13-7+. The van der Waals surface area contributed by atoms with Gasteiger partial charge in [-0.05, 0) is 54.6 Å². The summed E-state index contributed by atoms with van der Waals surface area (Å²) < 4.78 is 44.5. The Morgan fingerprint density at radius 2 is 1.81 bits per heavy atom. The van der Waals surface area contributed by atoms with E-state index >= 15 is 0 Å². The number of nitro benzene ring substituents is 1. The summed E-state index contributed by atoms with van der Waals surface area (Å²) in [6.45, 7) is 0. The lowest BCUT2D eigenvalue weighted by Crippen LogP contribution is -2.13. The summed E-state index contributed by atoms with van der Waals surface area (Å²) in [6, 6.07) is 11.2. The fourth-order valence-electron chi connectivity index (χ4n) is 2.88. The molecule has 3 rings (SSSR count). The molecule has 0 aliphatic heterocycles. The number of nitrogens with zero attached hydrogens (tertiary/aromatic N) is 2. The molecule has 0 fully saturated rings. The number of hydrogen-bond acceptors (Lipinski definition) is 6. The average molecular weight is 538 g/mol. The fourth-order valence-corrected chi connectivity index (χ4v) is 3.42. The first-order valence-corrected chi connectivity index (χ1v) is 10.4. The summed E-state index contributed by atoms with van der Waals surface area (Å²) in [5.74, 6) is -1.77. The van der Waals surface area contributed by atoms with Crippen LogP contribution in [-0.2, 0) is 11.0 Å². The molecule has 2 N–H and O–H groups in total. The molecule has 1 amide bonds. The first-order valence-electron chi connectivity index (χ1n) is 9.63. The van der Waals surface area contributed by atoms with E-state index in [1.807, 2.05) is 0 Å². The van der Waals surface area contributed by atoms with Crippen LogP contribution in [-0.4, -0.2) is 15.9 Å². The van der Waals surface area contributed by atoms with Gasteiger partial charge in [0.1, 0.15) is 17.4 Å². The highest BCUT2D eigenvalue weighted by molar-refractivity contribution is 6.36. The maximum atomic E-state index is 13.0. The van der Waals surface area contributed by atoms with Gasteiger partial charge in [0.2, 0.25) is 5.75 Å². The third-order valence-corrected chi connectivity index (χ3v) is 5.02. The molecular formula is C23H12Cl2F3N3O5. The van der Waals surface area contributed by atoms with E-state index in [-0.39, 0.29) is 32.8 Å². The van der Waals surface area contributed by atoms with Crippen LogP contribution >= 0.6 is 23.2 Å². The third kappa shape index (κ3) is 6.24. The number of halogens is 5. The molecule has 0 bridgehead atoms. The molecule has 184 valence electrons. The van der Waals surface area contributed by atoms with Crippen LogP contribution in [0.3, 0.4) is 0 Å². The van der Waals surface area contributed by atoms with Crippen LogP contribution in [0.2, 0.25) is 10.0 Å². The van der Waals surface area contributed by atoms with E-state index < -0.39 is 39.6 Å². The van der Waals surface area contributed by atoms with Crippen LogP contribution in [0.1, 0.15) is 11.1 Å². The van der Waals surface area contributed by atoms with Crippen molar-refractivity contribution in [3.63, 3.8) is 0 Å². The van der Waals surface area contributed by atoms with Crippen molar-refractivity contribution in [2.75, 3.05) is 5.32 Å².